The maximum absolute atomic E-state index is 13.9. The first-order valence-electron chi connectivity index (χ1n) is 12.9. The number of piperidine rings is 1. The van der Waals surface area contributed by atoms with Gasteiger partial charge in [-0.15, -0.1) is 0 Å². The van der Waals surface area contributed by atoms with Crippen LogP contribution in [0.5, 0.6) is 11.5 Å². The van der Waals surface area contributed by atoms with Crippen LogP contribution >= 0.6 is 0 Å². The zero-order chi connectivity index (χ0) is 24.5. The SMILES string of the molecule is N#CCCN1CCC23c4c5ccc(O)c4O[C@H]2C2(O)C4=CC3(C[C@]42C(=O)NCc2ccccc2)[C@H]1C5. The number of phenols is 1. The number of benzene rings is 2. The number of nitrogens with one attached hydrogen (secondary N) is 1. The van der Waals surface area contributed by atoms with Crippen LogP contribution in [0.1, 0.15) is 36.0 Å². The van der Waals surface area contributed by atoms with Gasteiger partial charge in [0.05, 0.1) is 11.5 Å². The first-order valence-corrected chi connectivity index (χ1v) is 12.9. The topological polar surface area (TPSA) is 106 Å². The van der Waals surface area contributed by atoms with Crippen LogP contribution in [0.4, 0.5) is 0 Å². The fourth-order valence-corrected chi connectivity index (χ4v) is 9.10. The third kappa shape index (κ3) is 1.95. The van der Waals surface area contributed by atoms with Crippen LogP contribution < -0.4 is 10.1 Å². The summed E-state index contributed by atoms with van der Waals surface area (Å²) in [6.45, 7) is 1.89. The monoisotopic (exact) mass is 481 g/mol. The molecule has 0 aromatic heterocycles. The molecule has 3 fully saturated rings. The first-order chi connectivity index (χ1) is 17.4. The van der Waals surface area contributed by atoms with E-state index in [4.69, 9.17) is 4.74 Å². The number of likely N-dealkylation sites (tertiary alicyclic amines) is 1. The number of amides is 1. The number of rotatable bonds is 5. The van der Waals surface area contributed by atoms with E-state index in [0.717, 1.165) is 41.6 Å². The van der Waals surface area contributed by atoms with Gasteiger partial charge in [-0.2, -0.15) is 5.26 Å². The molecule has 7 nitrogen and oxygen atoms in total. The lowest BCUT2D eigenvalue weighted by molar-refractivity contribution is -0.173. The predicted molar refractivity (Wildman–Crippen MR) is 129 cm³/mol. The molecule has 36 heavy (non-hydrogen) atoms. The molecular weight excluding hydrogens is 454 g/mol. The van der Waals surface area contributed by atoms with E-state index in [2.05, 4.69) is 22.4 Å². The lowest BCUT2D eigenvalue weighted by Crippen LogP contribution is -2.75. The van der Waals surface area contributed by atoms with Crippen molar-refractivity contribution in [3.05, 3.63) is 70.8 Å². The van der Waals surface area contributed by atoms with Crippen molar-refractivity contribution < 1.29 is 19.7 Å². The van der Waals surface area contributed by atoms with Gasteiger partial charge in [-0.1, -0.05) is 42.5 Å². The molecule has 5 aliphatic carbocycles. The number of aromatic hydroxyl groups is 1. The molecule has 0 radical (unpaired) electrons. The van der Waals surface area contributed by atoms with Gasteiger partial charge in [-0.3, -0.25) is 9.69 Å². The van der Waals surface area contributed by atoms with Crippen LogP contribution in [0.15, 0.2) is 54.1 Å². The standard InChI is InChI=1S/C29H27N3O4/c30-10-4-11-32-12-9-27-22-18-7-8-19(33)23(22)36-24(27)29(35)20-14-26(27,21(32)13-18)16-28(20,29)25(34)31-15-17-5-2-1-3-6-17/h1-3,5-8,14,21,24,33,35H,4,9,11-13,15-16H2,(H,31,34)/t21-,24-,26?,27?,28-,29?/m1/s1. The number of nitriles is 1. The van der Waals surface area contributed by atoms with E-state index in [-0.39, 0.29) is 23.1 Å². The fraction of sp³-hybridized carbons (Fsp3) is 0.448. The van der Waals surface area contributed by atoms with Crippen molar-refractivity contribution in [2.75, 3.05) is 13.1 Å². The van der Waals surface area contributed by atoms with E-state index < -0.39 is 22.5 Å². The van der Waals surface area contributed by atoms with Gasteiger partial charge < -0.3 is 20.3 Å². The van der Waals surface area contributed by atoms with Crippen molar-refractivity contribution in [2.45, 2.75) is 55.4 Å². The maximum Gasteiger partial charge on any atom is 0.234 e. The highest BCUT2D eigenvalue weighted by molar-refractivity contribution is 5.99. The highest BCUT2D eigenvalue weighted by atomic mass is 16.5. The molecule has 3 unspecified atom stereocenters. The van der Waals surface area contributed by atoms with Gasteiger partial charge in [-0.05, 0) is 48.6 Å². The third-order valence-corrected chi connectivity index (χ3v) is 10.4. The summed E-state index contributed by atoms with van der Waals surface area (Å²) in [5.74, 6) is 0.438. The highest BCUT2D eigenvalue weighted by Gasteiger charge is 2.95. The summed E-state index contributed by atoms with van der Waals surface area (Å²) in [4.78, 5) is 16.3. The molecule has 7 aliphatic rings. The summed E-state index contributed by atoms with van der Waals surface area (Å²) in [6, 6.07) is 15.9. The quantitative estimate of drug-likeness (QED) is 0.566. The minimum absolute atomic E-state index is 0.101. The molecule has 2 heterocycles. The second kappa shape index (κ2) is 6.31. The molecule has 1 amide bonds. The number of phenolic OH excluding ortho intramolecular Hbond substituents is 1. The van der Waals surface area contributed by atoms with Crippen LogP contribution in [0, 0.1) is 22.2 Å². The second-order valence-corrected chi connectivity index (χ2v) is 11.4. The van der Waals surface area contributed by atoms with Crippen LogP contribution in [0.25, 0.3) is 0 Å². The molecule has 182 valence electrons. The van der Waals surface area contributed by atoms with Crippen LogP contribution in [-0.4, -0.2) is 51.9 Å². The molecule has 2 aromatic carbocycles. The molecule has 7 heteroatoms. The zero-order valence-corrected chi connectivity index (χ0v) is 19.8. The predicted octanol–water partition coefficient (Wildman–Crippen LogP) is 2.31. The summed E-state index contributed by atoms with van der Waals surface area (Å²) in [5.41, 5.74) is 0.712. The van der Waals surface area contributed by atoms with Crippen molar-refractivity contribution in [1.82, 2.24) is 10.2 Å². The van der Waals surface area contributed by atoms with E-state index in [9.17, 15) is 20.3 Å². The van der Waals surface area contributed by atoms with Gasteiger partial charge in [0.25, 0.3) is 0 Å². The van der Waals surface area contributed by atoms with Gasteiger partial charge in [0.15, 0.2) is 11.5 Å². The summed E-state index contributed by atoms with van der Waals surface area (Å²) >= 11 is 0. The first kappa shape index (κ1) is 20.8. The minimum atomic E-state index is -1.38. The molecule has 2 saturated carbocycles. The van der Waals surface area contributed by atoms with Crippen molar-refractivity contribution in [2.24, 2.45) is 10.8 Å². The van der Waals surface area contributed by atoms with Gasteiger partial charge in [-0.25, -0.2) is 0 Å². The Morgan fingerprint density at radius 1 is 1.25 bits per heavy atom. The van der Waals surface area contributed by atoms with E-state index in [1.54, 1.807) is 6.07 Å². The Balaban J connectivity index is 1.26. The molecular formula is C29H27N3O4. The fourth-order valence-electron chi connectivity index (χ4n) is 9.10. The van der Waals surface area contributed by atoms with E-state index in [1.165, 1.54) is 0 Å². The number of nitrogens with zero attached hydrogens (tertiary/aromatic N) is 2. The molecule has 2 spiro atoms. The highest BCUT2D eigenvalue weighted by Crippen LogP contribution is 2.87. The largest absolute Gasteiger partial charge is 0.504 e. The number of hydrogen-bond donors (Lipinski definition) is 3. The number of carbonyl (C=O) groups is 1. The van der Waals surface area contributed by atoms with E-state index in [1.807, 2.05) is 36.4 Å². The van der Waals surface area contributed by atoms with Crippen LogP contribution in [0.3, 0.4) is 0 Å². The third-order valence-electron chi connectivity index (χ3n) is 10.4. The van der Waals surface area contributed by atoms with Crippen molar-refractivity contribution in [1.29, 1.82) is 5.26 Å². The van der Waals surface area contributed by atoms with Crippen molar-refractivity contribution in [3.8, 4) is 17.6 Å². The normalized spacial score (nSPS) is 39.5. The average molecular weight is 482 g/mol. The van der Waals surface area contributed by atoms with Gasteiger partial charge in [0.1, 0.15) is 17.1 Å². The second-order valence-electron chi connectivity index (χ2n) is 11.4. The van der Waals surface area contributed by atoms with Crippen molar-refractivity contribution in [3.63, 3.8) is 0 Å². The molecule has 1 saturated heterocycles. The van der Waals surface area contributed by atoms with E-state index in [0.29, 0.717) is 31.7 Å². The molecule has 2 aliphatic heterocycles. The number of hydrogen-bond acceptors (Lipinski definition) is 6. The van der Waals surface area contributed by atoms with E-state index >= 15 is 0 Å². The Morgan fingerprint density at radius 3 is 2.89 bits per heavy atom. The minimum Gasteiger partial charge on any atom is -0.504 e. The Morgan fingerprint density at radius 2 is 2.08 bits per heavy atom. The Hall–Kier alpha value is -3.34. The summed E-state index contributed by atoms with van der Waals surface area (Å²) in [6.07, 6.45) is 4.14. The van der Waals surface area contributed by atoms with Gasteiger partial charge >= 0.3 is 0 Å². The molecule has 9 rings (SSSR count). The summed E-state index contributed by atoms with van der Waals surface area (Å²) in [5, 5.41) is 35.5. The van der Waals surface area contributed by atoms with Crippen molar-refractivity contribution >= 4 is 5.91 Å². The maximum atomic E-state index is 13.9. The molecule has 2 aromatic rings. The average Bonchev–Trinajstić information content (AvgIpc) is 3.17. The Bertz CT molecular complexity index is 1430. The molecule has 3 N–H and O–H groups in total. The Labute approximate surface area is 209 Å². The lowest BCUT2D eigenvalue weighted by Gasteiger charge is -2.66. The van der Waals surface area contributed by atoms with Crippen LogP contribution in [0.2, 0.25) is 0 Å². The van der Waals surface area contributed by atoms with Crippen LogP contribution in [-0.2, 0) is 23.2 Å². The Kier molecular flexibility index (Phi) is 3.65. The summed E-state index contributed by atoms with van der Waals surface area (Å²) < 4.78 is 6.52. The number of carbonyl (C=O) groups excluding carboxylic acids is 1. The smallest absolute Gasteiger partial charge is 0.234 e. The lowest BCUT2D eigenvalue weighted by atomic mass is 9.41. The molecule has 6 bridgehead atoms. The molecule has 6 atom stereocenters. The number of aliphatic hydroxyl groups is 1. The zero-order valence-electron chi connectivity index (χ0n) is 19.8. The van der Waals surface area contributed by atoms with Gasteiger partial charge in [0.2, 0.25) is 5.91 Å². The summed E-state index contributed by atoms with van der Waals surface area (Å²) in [7, 11) is 0. The number of ether oxygens (including phenoxy) is 1. The van der Waals surface area contributed by atoms with Gasteiger partial charge in [0, 0.05) is 36.5 Å².